The molecule has 0 spiro atoms. The number of fused-ring (bicyclic) bond motifs is 1. The highest BCUT2D eigenvalue weighted by Crippen LogP contribution is 2.35. The molecule has 1 aromatic carbocycles. The lowest BCUT2D eigenvalue weighted by molar-refractivity contribution is -0.383. The summed E-state index contributed by atoms with van der Waals surface area (Å²) < 4.78 is 2.81. The van der Waals surface area contributed by atoms with Crippen LogP contribution in [0.4, 0.5) is 5.69 Å². The molecule has 18 heavy (non-hydrogen) atoms. The standard InChI is InChI=1S/C12H12BrN3O2/c1-7-14-12-10(15(7)6-8-2-3-8)4-9(13)5-11(12)16(17)18/h4-5,8H,2-3,6H2,1H3. The zero-order valence-corrected chi connectivity index (χ0v) is 11.5. The Morgan fingerprint density at radius 2 is 2.28 bits per heavy atom. The van der Waals surface area contributed by atoms with Crippen LogP contribution >= 0.6 is 15.9 Å². The largest absolute Gasteiger partial charge is 0.328 e. The molecule has 94 valence electrons. The van der Waals surface area contributed by atoms with E-state index in [9.17, 15) is 10.1 Å². The van der Waals surface area contributed by atoms with Crippen molar-refractivity contribution in [2.75, 3.05) is 0 Å². The van der Waals surface area contributed by atoms with Gasteiger partial charge in [0.2, 0.25) is 0 Å². The van der Waals surface area contributed by atoms with Gasteiger partial charge in [0.25, 0.3) is 5.69 Å². The van der Waals surface area contributed by atoms with E-state index >= 15 is 0 Å². The normalized spacial score (nSPS) is 15.2. The average Bonchev–Trinajstić information content (AvgIpc) is 3.06. The molecule has 0 N–H and O–H groups in total. The minimum absolute atomic E-state index is 0.0667. The molecule has 1 aliphatic carbocycles. The van der Waals surface area contributed by atoms with E-state index in [1.165, 1.54) is 18.9 Å². The van der Waals surface area contributed by atoms with Crippen molar-refractivity contribution < 1.29 is 4.92 Å². The van der Waals surface area contributed by atoms with E-state index in [0.717, 1.165) is 22.4 Å². The number of nitro groups is 1. The Balaban J connectivity index is 2.23. The molecule has 1 aliphatic rings. The summed E-state index contributed by atoms with van der Waals surface area (Å²) in [7, 11) is 0. The fraction of sp³-hybridized carbons (Fsp3) is 0.417. The molecule has 0 saturated heterocycles. The molecule has 1 heterocycles. The van der Waals surface area contributed by atoms with Crippen molar-refractivity contribution >= 4 is 32.7 Å². The van der Waals surface area contributed by atoms with Gasteiger partial charge in [-0.2, -0.15) is 0 Å². The van der Waals surface area contributed by atoms with E-state index in [1.54, 1.807) is 0 Å². The highest BCUT2D eigenvalue weighted by Gasteiger charge is 2.25. The van der Waals surface area contributed by atoms with E-state index < -0.39 is 0 Å². The van der Waals surface area contributed by atoms with Crippen LogP contribution < -0.4 is 0 Å². The van der Waals surface area contributed by atoms with Crippen LogP contribution in [0.2, 0.25) is 0 Å². The van der Waals surface area contributed by atoms with E-state index in [0.29, 0.717) is 11.4 Å². The Morgan fingerprint density at radius 3 is 2.89 bits per heavy atom. The topological polar surface area (TPSA) is 61.0 Å². The maximum Gasteiger partial charge on any atom is 0.298 e. The van der Waals surface area contributed by atoms with Gasteiger partial charge in [-0.1, -0.05) is 15.9 Å². The molecule has 3 rings (SSSR count). The first kappa shape index (κ1) is 11.6. The van der Waals surface area contributed by atoms with Crippen molar-refractivity contribution in [1.29, 1.82) is 0 Å². The van der Waals surface area contributed by atoms with Gasteiger partial charge < -0.3 is 4.57 Å². The number of benzene rings is 1. The predicted octanol–water partition coefficient (Wildman–Crippen LogP) is 3.43. The van der Waals surface area contributed by atoms with Gasteiger partial charge in [0.1, 0.15) is 5.82 Å². The third-order valence-corrected chi connectivity index (χ3v) is 3.78. The smallest absolute Gasteiger partial charge is 0.298 e. The molecule has 1 fully saturated rings. The molecule has 0 radical (unpaired) electrons. The molecule has 0 atom stereocenters. The van der Waals surface area contributed by atoms with Crippen LogP contribution in [0.25, 0.3) is 11.0 Å². The number of aromatic nitrogens is 2. The molecule has 1 saturated carbocycles. The number of nitrogens with zero attached hydrogens (tertiary/aromatic N) is 3. The monoisotopic (exact) mass is 309 g/mol. The molecule has 5 nitrogen and oxygen atoms in total. The first-order chi connectivity index (χ1) is 8.56. The lowest BCUT2D eigenvalue weighted by Gasteiger charge is -2.05. The van der Waals surface area contributed by atoms with Crippen molar-refractivity contribution in [2.45, 2.75) is 26.3 Å². The number of non-ortho nitro benzene ring substituents is 1. The molecule has 0 aliphatic heterocycles. The number of halogens is 1. The molecular weight excluding hydrogens is 298 g/mol. The quantitative estimate of drug-likeness (QED) is 0.644. The minimum Gasteiger partial charge on any atom is -0.328 e. The van der Waals surface area contributed by atoms with Crippen LogP contribution in [0.1, 0.15) is 18.7 Å². The Labute approximate surface area is 112 Å². The molecular formula is C12H12BrN3O2. The fourth-order valence-corrected chi connectivity index (χ4v) is 2.65. The van der Waals surface area contributed by atoms with Crippen LogP contribution in [-0.2, 0) is 6.54 Å². The van der Waals surface area contributed by atoms with Crippen molar-refractivity contribution in [2.24, 2.45) is 5.92 Å². The van der Waals surface area contributed by atoms with Gasteiger partial charge in [-0.15, -0.1) is 0 Å². The second-order valence-electron chi connectivity index (χ2n) is 4.76. The lowest BCUT2D eigenvalue weighted by Crippen LogP contribution is -2.01. The van der Waals surface area contributed by atoms with Crippen LogP contribution in [0.15, 0.2) is 16.6 Å². The Hall–Kier alpha value is -1.43. The second kappa shape index (κ2) is 4.05. The highest BCUT2D eigenvalue weighted by molar-refractivity contribution is 9.10. The molecule has 0 bridgehead atoms. The van der Waals surface area contributed by atoms with E-state index in [4.69, 9.17) is 0 Å². The number of nitro benzene ring substituents is 1. The predicted molar refractivity (Wildman–Crippen MR) is 71.5 cm³/mol. The van der Waals surface area contributed by atoms with E-state index in [2.05, 4.69) is 25.5 Å². The summed E-state index contributed by atoms with van der Waals surface area (Å²) in [6.07, 6.45) is 2.49. The Bertz CT molecular complexity index is 646. The Morgan fingerprint density at radius 1 is 1.56 bits per heavy atom. The van der Waals surface area contributed by atoms with Crippen molar-refractivity contribution in [1.82, 2.24) is 9.55 Å². The van der Waals surface area contributed by atoms with Gasteiger partial charge in [-0.05, 0) is 31.7 Å². The number of aryl methyl sites for hydroxylation is 1. The molecule has 2 aromatic rings. The lowest BCUT2D eigenvalue weighted by atomic mass is 10.2. The highest BCUT2D eigenvalue weighted by atomic mass is 79.9. The van der Waals surface area contributed by atoms with Gasteiger partial charge >= 0.3 is 0 Å². The average molecular weight is 310 g/mol. The zero-order valence-electron chi connectivity index (χ0n) is 9.89. The first-order valence-corrected chi connectivity index (χ1v) is 6.66. The van der Waals surface area contributed by atoms with Crippen molar-refractivity contribution in [3.63, 3.8) is 0 Å². The Kier molecular flexibility index (Phi) is 2.62. The van der Waals surface area contributed by atoms with E-state index in [-0.39, 0.29) is 10.6 Å². The van der Waals surface area contributed by atoms with Gasteiger partial charge in [0.15, 0.2) is 5.52 Å². The number of hydrogen-bond acceptors (Lipinski definition) is 3. The summed E-state index contributed by atoms with van der Waals surface area (Å²) in [5, 5.41) is 11.1. The fourth-order valence-electron chi connectivity index (χ4n) is 2.22. The van der Waals surface area contributed by atoms with Gasteiger partial charge in [-0.3, -0.25) is 10.1 Å². The molecule has 0 amide bonds. The second-order valence-corrected chi connectivity index (χ2v) is 5.68. The zero-order chi connectivity index (χ0) is 12.9. The molecule has 6 heteroatoms. The third kappa shape index (κ3) is 1.90. The number of hydrogen-bond donors (Lipinski definition) is 0. The van der Waals surface area contributed by atoms with Gasteiger partial charge in [0, 0.05) is 17.1 Å². The summed E-state index contributed by atoms with van der Waals surface area (Å²) in [6, 6.07) is 3.42. The number of imidazole rings is 1. The minimum atomic E-state index is -0.374. The summed E-state index contributed by atoms with van der Waals surface area (Å²) >= 11 is 3.33. The maximum atomic E-state index is 11.1. The molecule has 1 aromatic heterocycles. The maximum absolute atomic E-state index is 11.1. The molecule has 0 unspecified atom stereocenters. The van der Waals surface area contributed by atoms with Crippen LogP contribution in [-0.4, -0.2) is 14.5 Å². The van der Waals surface area contributed by atoms with Gasteiger partial charge in [0.05, 0.1) is 10.4 Å². The summed E-state index contributed by atoms with van der Waals surface area (Å²) in [4.78, 5) is 15.0. The summed E-state index contributed by atoms with van der Waals surface area (Å²) in [5.41, 5.74) is 1.40. The summed E-state index contributed by atoms with van der Waals surface area (Å²) in [6.45, 7) is 2.82. The third-order valence-electron chi connectivity index (χ3n) is 3.32. The van der Waals surface area contributed by atoms with E-state index in [1.807, 2.05) is 13.0 Å². The van der Waals surface area contributed by atoms with Gasteiger partial charge in [-0.25, -0.2) is 4.98 Å². The summed E-state index contributed by atoms with van der Waals surface area (Å²) in [5.74, 6) is 1.55. The number of rotatable bonds is 3. The first-order valence-electron chi connectivity index (χ1n) is 5.87. The van der Waals surface area contributed by atoms with Crippen LogP contribution in [0.5, 0.6) is 0 Å². The van der Waals surface area contributed by atoms with Crippen molar-refractivity contribution in [3.05, 3.63) is 32.5 Å². The van der Waals surface area contributed by atoms with Crippen molar-refractivity contribution in [3.8, 4) is 0 Å². The van der Waals surface area contributed by atoms with Crippen LogP contribution in [0, 0.1) is 23.0 Å². The SMILES string of the molecule is Cc1nc2c([N+](=O)[O-])cc(Br)cc2n1CC1CC1. The van der Waals surface area contributed by atoms with Crippen LogP contribution in [0.3, 0.4) is 0 Å².